The van der Waals surface area contributed by atoms with Crippen LogP contribution in [-0.4, -0.2) is 47.0 Å². The van der Waals surface area contributed by atoms with Gasteiger partial charge in [0.15, 0.2) is 0 Å². The second-order valence-corrected chi connectivity index (χ2v) is 12.8. The van der Waals surface area contributed by atoms with Crippen molar-refractivity contribution in [2.45, 2.75) is 122 Å². The molecule has 0 bridgehead atoms. The van der Waals surface area contributed by atoms with Crippen LogP contribution in [0.4, 0.5) is 4.79 Å². The van der Waals surface area contributed by atoms with E-state index in [9.17, 15) is 14.4 Å². The van der Waals surface area contributed by atoms with Gasteiger partial charge in [0.25, 0.3) is 0 Å². The number of amides is 3. The maximum Gasteiger partial charge on any atom is 0.408 e. The first-order valence-corrected chi connectivity index (χ1v) is 16.3. The molecule has 0 radical (unpaired) electrons. The number of ether oxygens (including phenoxy) is 1. The van der Waals surface area contributed by atoms with E-state index in [2.05, 4.69) is 23.5 Å². The molecule has 0 heterocycles. The van der Waals surface area contributed by atoms with Gasteiger partial charge in [-0.1, -0.05) is 100 Å². The van der Waals surface area contributed by atoms with Gasteiger partial charge in [-0.15, -0.1) is 6.42 Å². The molecule has 238 valence electrons. The third-order valence-corrected chi connectivity index (χ3v) is 7.96. The molecule has 1 aliphatic carbocycles. The molecule has 0 saturated heterocycles. The van der Waals surface area contributed by atoms with Crippen molar-refractivity contribution < 1.29 is 19.1 Å². The highest BCUT2D eigenvalue weighted by atomic mass is 16.6. The van der Waals surface area contributed by atoms with Crippen LogP contribution in [0.25, 0.3) is 0 Å². The van der Waals surface area contributed by atoms with E-state index in [0.717, 1.165) is 63.4 Å². The Hall–Kier alpha value is -3.79. The number of terminal acetylenes is 1. The molecule has 0 aromatic heterocycles. The predicted octanol–water partition coefficient (Wildman–Crippen LogP) is 7.09. The third-order valence-electron chi connectivity index (χ3n) is 7.96. The average Bonchev–Trinajstić information content (AvgIpc) is 3.00. The van der Waals surface area contributed by atoms with Crippen LogP contribution in [-0.2, 0) is 20.7 Å². The molecule has 2 unspecified atom stereocenters. The van der Waals surface area contributed by atoms with Crippen molar-refractivity contribution in [3.63, 3.8) is 0 Å². The summed E-state index contributed by atoms with van der Waals surface area (Å²) in [5.74, 6) is 2.11. The van der Waals surface area contributed by atoms with Crippen molar-refractivity contribution in [3.05, 3.63) is 71.3 Å². The average molecular weight is 602 g/mol. The minimum Gasteiger partial charge on any atom is -0.444 e. The van der Waals surface area contributed by atoms with Crippen molar-refractivity contribution in [2.75, 3.05) is 6.54 Å². The summed E-state index contributed by atoms with van der Waals surface area (Å²) in [6, 6.07) is 15.1. The lowest BCUT2D eigenvalue weighted by Crippen LogP contribution is -2.54. The van der Waals surface area contributed by atoms with Crippen LogP contribution in [0.15, 0.2) is 54.6 Å². The van der Waals surface area contributed by atoms with Gasteiger partial charge in [0.2, 0.25) is 11.8 Å². The van der Waals surface area contributed by atoms with E-state index >= 15 is 0 Å². The van der Waals surface area contributed by atoms with Gasteiger partial charge >= 0.3 is 6.09 Å². The summed E-state index contributed by atoms with van der Waals surface area (Å²) in [5, 5.41) is 6.11. The van der Waals surface area contributed by atoms with Crippen LogP contribution in [0.3, 0.4) is 0 Å². The molecule has 0 spiro atoms. The van der Waals surface area contributed by atoms with Gasteiger partial charge in [-0.3, -0.25) is 9.59 Å². The Morgan fingerprint density at radius 2 is 1.61 bits per heavy atom. The minimum absolute atomic E-state index is 0.0743. The number of unbranched alkanes of at least 4 members (excludes halogenated alkanes) is 4. The molecule has 3 rings (SSSR count). The van der Waals surface area contributed by atoms with Gasteiger partial charge in [0, 0.05) is 24.6 Å². The lowest BCUT2D eigenvalue weighted by atomic mass is 9.94. The standard InChI is InChI=1S/C37H51N3O4/c1-6-8-9-10-17-26-40(35(42)32(27-29-18-13-11-14-19-29)39-36(43)44-37(3,4)5)33(30-24-22-28(7-2)23-25-30)34(41)38-31-20-15-12-16-21-31/h2,11,13-14,18-19,22-25,31-33H,6,8-10,12,15-17,20-21,26-27H2,1,3-5H3,(H,38,41)(H,39,43). The van der Waals surface area contributed by atoms with E-state index in [1.54, 1.807) is 37.8 Å². The molecule has 44 heavy (non-hydrogen) atoms. The van der Waals surface area contributed by atoms with E-state index in [4.69, 9.17) is 11.2 Å². The zero-order chi connectivity index (χ0) is 32.0. The fraction of sp³-hybridized carbons (Fsp3) is 0.541. The highest BCUT2D eigenvalue weighted by molar-refractivity contribution is 5.92. The summed E-state index contributed by atoms with van der Waals surface area (Å²) in [6.07, 6.45) is 15.4. The minimum atomic E-state index is -0.933. The first-order chi connectivity index (χ1) is 21.1. The molecular weight excluding hydrogens is 550 g/mol. The fourth-order valence-corrected chi connectivity index (χ4v) is 5.71. The lowest BCUT2D eigenvalue weighted by molar-refractivity contribution is -0.143. The van der Waals surface area contributed by atoms with Crippen LogP contribution >= 0.6 is 0 Å². The van der Waals surface area contributed by atoms with E-state index in [1.807, 2.05) is 42.5 Å². The Balaban J connectivity index is 2.01. The highest BCUT2D eigenvalue weighted by Gasteiger charge is 2.37. The molecule has 7 heteroatoms. The SMILES string of the molecule is C#Cc1ccc(C(C(=O)NC2CCCCC2)N(CCCCCCC)C(=O)C(Cc2ccccc2)NC(=O)OC(C)(C)C)cc1. The lowest BCUT2D eigenvalue weighted by Gasteiger charge is -2.36. The molecule has 2 aromatic carbocycles. The zero-order valence-electron chi connectivity index (χ0n) is 27.1. The number of carbonyl (C=O) groups excluding carboxylic acids is 3. The second kappa shape index (κ2) is 17.5. The van der Waals surface area contributed by atoms with E-state index < -0.39 is 23.8 Å². The van der Waals surface area contributed by atoms with Crippen molar-refractivity contribution in [1.29, 1.82) is 0 Å². The molecular formula is C37H51N3O4. The summed E-state index contributed by atoms with van der Waals surface area (Å²) in [4.78, 5) is 43.5. The van der Waals surface area contributed by atoms with E-state index in [-0.39, 0.29) is 24.3 Å². The van der Waals surface area contributed by atoms with Crippen molar-refractivity contribution in [1.82, 2.24) is 15.5 Å². The number of hydrogen-bond acceptors (Lipinski definition) is 4. The molecule has 1 fully saturated rings. The first-order valence-electron chi connectivity index (χ1n) is 16.3. The molecule has 2 aromatic rings. The molecule has 3 amide bonds. The van der Waals surface area contributed by atoms with Crippen molar-refractivity contribution in [3.8, 4) is 12.3 Å². The smallest absolute Gasteiger partial charge is 0.408 e. The summed E-state index contributed by atoms with van der Waals surface area (Å²) in [5.41, 5.74) is 1.55. The van der Waals surface area contributed by atoms with Crippen molar-refractivity contribution >= 4 is 17.9 Å². The van der Waals surface area contributed by atoms with Gasteiger partial charge in [-0.25, -0.2) is 4.79 Å². The van der Waals surface area contributed by atoms with Crippen LogP contribution in [0.1, 0.15) is 115 Å². The number of carbonyl (C=O) groups is 3. The summed E-state index contributed by atoms with van der Waals surface area (Å²) in [6.45, 7) is 7.90. The predicted molar refractivity (Wildman–Crippen MR) is 176 cm³/mol. The number of rotatable bonds is 14. The van der Waals surface area contributed by atoms with Crippen LogP contribution in [0.5, 0.6) is 0 Å². The molecule has 2 atom stereocenters. The molecule has 1 aliphatic rings. The monoisotopic (exact) mass is 601 g/mol. The number of nitrogens with zero attached hydrogens (tertiary/aromatic N) is 1. The largest absolute Gasteiger partial charge is 0.444 e. The maximum atomic E-state index is 14.6. The van der Waals surface area contributed by atoms with Gasteiger partial charge in [-0.05, 0) is 63.3 Å². The Kier molecular flexibility index (Phi) is 13.8. The van der Waals surface area contributed by atoms with Gasteiger partial charge in [0.1, 0.15) is 17.7 Å². The molecule has 2 N–H and O–H groups in total. The number of benzene rings is 2. The maximum absolute atomic E-state index is 14.6. The molecule has 7 nitrogen and oxygen atoms in total. The number of alkyl carbamates (subject to hydrolysis) is 1. The Labute approximate surface area is 264 Å². The summed E-state index contributed by atoms with van der Waals surface area (Å²) >= 11 is 0. The van der Waals surface area contributed by atoms with Crippen molar-refractivity contribution in [2.24, 2.45) is 0 Å². The quantitative estimate of drug-likeness (QED) is 0.179. The molecule has 0 aliphatic heterocycles. The van der Waals surface area contributed by atoms with Crippen LogP contribution in [0, 0.1) is 12.3 Å². The topological polar surface area (TPSA) is 87.7 Å². The van der Waals surface area contributed by atoms with E-state index in [1.165, 1.54) is 6.42 Å². The van der Waals surface area contributed by atoms with Crippen LogP contribution in [0.2, 0.25) is 0 Å². The summed E-state index contributed by atoms with van der Waals surface area (Å²) in [7, 11) is 0. The Morgan fingerprint density at radius 1 is 0.955 bits per heavy atom. The molecule has 1 saturated carbocycles. The highest BCUT2D eigenvalue weighted by Crippen LogP contribution is 2.27. The third kappa shape index (κ3) is 11.4. The number of nitrogens with one attached hydrogen (secondary N) is 2. The number of hydrogen-bond donors (Lipinski definition) is 2. The Morgan fingerprint density at radius 3 is 2.23 bits per heavy atom. The van der Waals surface area contributed by atoms with Gasteiger partial charge < -0.3 is 20.3 Å². The first kappa shape index (κ1) is 34.7. The van der Waals surface area contributed by atoms with E-state index in [0.29, 0.717) is 17.7 Å². The second-order valence-electron chi connectivity index (χ2n) is 12.8. The summed E-state index contributed by atoms with van der Waals surface area (Å²) < 4.78 is 5.56. The van der Waals surface area contributed by atoms with Gasteiger partial charge in [0.05, 0.1) is 0 Å². The Bertz CT molecular complexity index is 1220. The fourth-order valence-electron chi connectivity index (χ4n) is 5.71. The zero-order valence-corrected chi connectivity index (χ0v) is 27.1. The normalized spacial score (nSPS) is 15.0. The van der Waals surface area contributed by atoms with Gasteiger partial charge in [-0.2, -0.15) is 0 Å². The van der Waals surface area contributed by atoms with Crippen LogP contribution < -0.4 is 10.6 Å².